The Kier molecular flexibility index (Phi) is 71.7. The van der Waals surface area contributed by atoms with Crippen LogP contribution in [0, 0.1) is 86.6 Å². The third-order valence-corrected chi connectivity index (χ3v) is 20.0. The molecule has 0 aliphatic heterocycles. The molecule has 0 bridgehead atoms. The van der Waals surface area contributed by atoms with Gasteiger partial charge >= 0.3 is 23.7 Å². The highest BCUT2D eigenvalue weighted by molar-refractivity contribution is 5.85. The minimum absolute atomic E-state index is 0.0162. The van der Waals surface area contributed by atoms with E-state index in [2.05, 4.69) is 183 Å². The molecule has 0 rings (SSSR count). The first-order valence-electron chi connectivity index (χ1n) is 52.9. The summed E-state index contributed by atoms with van der Waals surface area (Å²) in [5.74, 6) is -20.3. The van der Waals surface area contributed by atoms with Gasteiger partial charge in [-0.15, -0.1) is 0 Å². The first-order valence-corrected chi connectivity index (χ1v) is 52.9. The maximum absolute atomic E-state index is 13.7. The molecular weight excluding hydrogens is 1860 g/mol. The normalized spacial score (nSPS) is 13.5. The molecule has 19 nitrogen and oxygen atoms in total. The van der Waals surface area contributed by atoms with Crippen LogP contribution in [0.25, 0.3) is 0 Å². The monoisotopic (exact) mass is 2080 g/mol. The van der Waals surface area contributed by atoms with Gasteiger partial charge in [0.15, 0.2) is 0 Å². The molecule has 0 atom stereocenters. The van der Waals surface area contributed by atoms with Crippen LogP contribution < -0.4 is 37.2 Å². The van der Waals surface area contributed by atoms with Gasteiger partial charge in [0.25, 0.3) is 29.6 Å². The third kappa shape index (κ3) is 105. The maximum atomic E-state index is 13.7. The van der Waals surface area contributed by atoms with Gasteiger partial charge in [0.2, 0.25) is 17.7 Å². The number of allylic oxidation sites excluding steroid dienone is 2. The molecule has 0 saturated carbocycles. The Labute approximate surface area is 874 Å². The van der Waals surface area contributed by atoms with E-state index in [1.165, 1.54) is 12.2 Å². The standard InChI is InChI=1S/C18H37NO2.C18H35NO2.C16H31F2NO2.C16H29F2NO2.2C16H31F2NO.C15H29F2NO2/c2*1-16(2,3)13-19-15(20)18(7,8)11-9-10-12-21-14-17(4,5)6;2*1-14(2,3)11-19-13(20)16(17,18)9-7-8-10-21-12-15(4,5)6;1-14(2,3)10-8-7-9-11-16(17,18)13(20)19-12-15(4,5)6;1-14(2,3)12-19-13(20)10-8-7-9-11-16(17,18)15(4,5)6;1-13(2,3)10-18-12(19)15(16,17)8-7-9-20-11-14(4,5)6/h9-14H2,1-8H3,(H,19,20);9-10H,11-14H2,1-8H3,(H,19,20);7-12H2,1-6H3,(H,19,20);7-8H,9-12H2,1-6H3,(H,19,20);2*7-12H2,1-6H3,(H,19,20);7-11H2,1-6H3,(H,18,19). The number of rotatable bonds is 51. The van der Waals surface area contributed by atoms with E-state index in [0.717, 1.165) is 71.3 Å². The van der Waals surface area contributed by atoms with Crippen LogP contribution in [-0.2, 0) is 57.2 Å². The Morgan fingerprint density at radius 2 is 0.444 bits per heavy atom. The summed E-state index contributed by atoms with van der Waals surface area (Å²) in [5, 5.41) is 18.2. The first-order chi connectivity index (χ1) is 63.9. The van der Waals surface area contributed by atoms with Crippen molar-refractivity contribution in [1.82, 2.24) is 37.2 Å². The molecule has 29 heteroatoms. The Morgan fingerprint density at radius 3 is 0.743 bits per heavy atom. The Balaban J connectivity index is -0.000000304. The van der Waals surface area contributed by atoms with Gasteiger partial charge in [-0.25, -0.2) is 8.78 Å². The average molecular weight is 2090 g/mol. The predicted molar refractivity (Wildman–Crippen MR) is 580 cm³/mol. The highest BCUT2D eigenvalue weighted by Gasteiger charge is 2.44. The molecular formula is C115H223F10N7O12. The fraction of sp³-hybridized carbons (Fsp3) is 0.904. The first kappa shape index (κ1) is 152. The van der Waals surface area contributed by atoms with Crippen molar-refractivity contribution >= 4 is 41.4 Å². The van der Waals surface area contributed by atoms with Crippen molar-refractivity contribution in [2.75, 3.05) is 112 Å². The minimum atomic E-state index is -3.38. The second kappa shape index (κ2) is 68.0. The van der Waals surface area contributed by atoms with Crippen molar-refractivity contribution in [3.05, 3.63) is 24.3 Å². The number of hydrogen-bond acceptors (Lipinski definition) is 12. The van der Waals surface area contributed by atoms with E-state index in [9.17, 15) is 77.5 Å². The molecule has 0 heterocycles. The Bertz CT molecular complexity index is 3310. The molecule has 144 heavy (non-hydrogen) atoms. The number of unbranched alkanes of at least 4 members (excludes halogenated alkanes) is 6. The number of amides is 7. The molecule has 0 aromatic rings. The molecule has 0 radical (unpaired) electrons. The molecule has 0 aromatic carbocycles. The van der Waals surface area contributed by atoms with Gasteiger partial charge in [-0.2, -0.15) is 35.1 Å². The van der Waals surface area contributed by atoms with Crippen molar-refractivity contribution in [2.45, 2.75) is 477 Å². The van der Waals surface area contributed by atoms with Crippen molar-refractivity contribution in [3.8, 4) is 0 Å². The number of nitrogens with one attached hydrogen (secondary N) is 7. The van der Waals surface area contributed by atoms with Crippen LogP contribution in [0.4, 0.5) is 43.9 Å². The zero-order chi connectivity index (χ0) is 115. The lowest BCUT2D eigenvalue weighted by atomic mass is 9.85. The van der Waals surface area contributed by atoms with Gasteiger partial charge in [-0.3, -0.25) is 33.6 Å². The summed E-state index contributed by atoms with van der Waals surface area (Å²) in [7, 11) is 0. The Morgan fingerprint density at radius 1 is 0.208 bits per heavy atom. The topological polar surface area (TPSA) is 250 Å². The zero-order valence-corrected chi connectivity index (χ0v) is 101. The quantitative estimate of drug-likeness (QED) is 0.0171. The average Bonchev–Trinajstić information content (AvgIpc) is 0.840. The molecule has 0 aliphatic carbocycles. The second-order valence-corrected chi connectivity index (χ2v) is 57.4. The van der Waals surface area contributed by atoms with Crippen molar-refractivity contribution in [2.24, 2.45) is 86.6 Å². The number of hydrogen-bond donors (Lipinski definition) is 7. The van der Waals surface area contributed by atoms with Crippen LogP contribution in [0.5, 0.6) is 0 Å². The van der Waals surface area contributed by atoms with E-state index in [1.807, 2.05) is 164 Å². The molecule has 0 aliphatic rings. The summed E-state index contributed by atoms with van der Waals surface area (Å²) in [5.41, 5.74) is -1.35. The van der Waals surface area contributed by atoms with Gasteiger partial charge in [-0.1, -0.05) is 368 Å². The zero-order valence-electron chi connectivity index (χ0n) is 101. The molecule has 7 amide bonds. The van der Waals surface area contributed by atoms with E-state index < -0.39 is 77.9 Å². The van der Waals surface area contributed by atoms with E-state index >= 15 is 0 Å². The molecule has 860 valence electrons. The second-order valence-electron chi connectivity index (χ2n) is 57.4. The SMILES string of the molecule is CC(C)(C)CCCCCC(F)(F)C(=O)NCC(C)(C)C.CC(C)(C)CNC(=O)C(C)(C)CC=CCOCC(C)(C)C.CC(C)(C)CNC(=O)C(C)(C)CCCCOCC(C)(C)C.CC(C)(C)CNC(=O)C(F)(F)CC=CCOCC(C)(C)C.CC(C)(C)CNC(=O)C(F)(F)CCCCOCC(C)(C)C.CC(C)(C)CNC(=O)C(F)(F)CCCOCC(C)(C)C.CC(C)(C)CNC(=O)CCCCCC(F)(F)C(C)(C)C. The van der Waals surface area contributed by atoms with Gasteiger partial charge in [0, 0.05) is 120 Å². The van der Waals surface area contributed by atoms with Crippen LogP contribution in [0.1, 0.15) is 447 Å². The van der Waals surface area contributed by atoms with E-state index in [4.69, 9.17) is 23.7 Å². The van der Waals surface area contributed by atoms with Gasteiger partial charge in [0.05, 0.1) is 46.2 Å². The van der Waals surface area contributed by atoms with E-state index in [-0.39, 0.29) is 164 Å². The molecule has 0 aromatic heterocycles. The number of carbonyl (C=O) groups is 7. The summed E-state index contributed by atoms with van der Waals surface area (Å²) in [4.78, 5) is 81.8. The smallest absolute Gasteiger partial charge is 0.327 e. The van der Waals surface area contributed by atoms with Crippen LogP contribution in [0.2, 0.25) is 0 Å². The van der Waals surface area contributed by atoms with Crippen LogP contribution >= 0.6 is 0 Å². The van der Waals surface area contributed by atoms with Gasteiger partial charge < -0.3 is 60.9 Å². The summed E-state index contributed by atoms with van der Waals surface area (Å²) < 4.78 is 164. The highest BCUT2D eigenvalue weighted by atomic mass is 19.3. The summed E-state index contributed by atoms with van der Waals surface area (Å²) in [6.45, 7) is 101. The van der Waals surface area contributed by atoms with Gasteiger partial charge in [-0.05, 0) is 135 Å². The molecule has 0 fully saturated rings. The van der Waals surface area contributed by atoms with Crippen molar-refractivity contribution in [1.29, 1.82) is 0 Å². The lowest BCUT2D eigenvalue weighted by Crippen LogP contribution is -2.43. The molecule has 7 N–H and O–H groups in total. The van der Waals surface area contributed by atoms with Crippen molar-refractivity contribution < 1.29 is 101 Å². The van der Waals surface area contributed by atoms with Gasteiger partial charge in [0.1, 0.15) is 0 Å². The number of alkyl halides is 10. The number of halogens is 10. The summed E-state index contributed by atoms with van der Waals surface area (Å²) in [6.07, 6.45) is 14.9. The molecule has 0 saturated heterocycles. The van der Waals surface area contributed by atoms with Crippen LogP contribution in [-0.4, -0.2) is 183 Å². The molecule has 0 spiro atoms. The third-order valence-electron chi connectivity index (χ3n) is 20.0. The minimum Gasteiger partial charge on any atom is -0.381 e. The van der Waals surface area contributed by atoms with Crippen molar-refractivity contribution in [3.63, 3.8) is 0 Å². The maximum Gasteiger partial charge on any atom is 0.327 e. The summed E-state index contributed by atoms with van der Waals surface area (Å²) in [6, 6.07) is 0. The fourth-order valence-electron chi connectivity index (χ4n) is 11.0. The fourth-order valence-corrected chi connectivity index (χ4v) is 11.0. The molecule has 0 unspecified atom stereocenters. The lowest BCUT2D eigenvalue weighted by Gasteiger charge is -2.30. The Hall–Kier alpha value is -5.13. The predicted octanol–water partition coefficient (Wildman–Crippen LogP) is 29.6. The van der Waals surface area contributed by atoms with Crippen LogP contribution in [0.3, 0.4) is 0 Å². The lowest BCUT2D eigenvalue weighted by molar-refractivity contribution is -0.147. The number of carbonyl (C=O) groups excluding carboxylic acids is 7. The van der Waals surface area contributed by atoms with E-state index in [1.54, 1.807) is 20.8 Å². The number of ether oxygens (including phenoxy) is 5. The summed E-state index contributed by atoms with van der Waals surface area (Å²) >= 11 is 0. The largest absolute Gasteiger partial charge is 0.381 e. The van der Waals surface area contributed by atoms with Crippen LogP contribution in [0.15, 0.2) is 24.3 Å². The van der Waals surface area contributed by atoms with E-state index in [0.29, 0.717) is 84.6 Å². The highest BCUT2D eigenvalue weighted by Crippen LogP contribution is 2.40.